The normalized spacial score (nSPS) is 11.0. The third-order valence-electron chi connectivity index (χ3n) is 2.31. The van der Waals surface area contributed by atoms with E-state index in [9.17, 15) is 13.2 Å². The molecule has 1 heterocycles. The van der Waals surface area contributed by atoms with Gasteiger partial charge in [0.05, 0.1) is 17.6 Å². The average molecular weight is 281 g/mol. The summed E-state index contributed by atoms with van der Waals surface area (Å²) in [6, 6.07) is 5.39. The van der Waals surface area contributed by atoms with E-state index in [2.05, 4.69) is 19.4 Å². The number of aromatic amines is 1. The van der Waals surface area contributed by atoms with Crippen LogP contribution in [-0.2, 0) is 14.8 Å². The first kappa shape index (κ1) is 13.1. The van der Waals surface area contributed by atoms with Gasteiger partial charge in [0.15, 0.2) is 0 Å². The zero-order valence-electron chi connectivity index (χ0n) is 9.95. The standard InChI is InChI=1S/C11H11N3O4S/c1-18-10(15)8-2-4-9(5-3-8)19(16,17)14-11-12-6-7-13-11/h2-7H,1H3,(H2,12,13,14). The molecule has 0 saturated carbocycles. The number of imidazole rings is 1. The van der Waals surface area contributed by atoms with E-state index in [1.165, 1.54) is 43.8 Å². The van der Waals surface area contributed by atoms with E-state index in [1.54, 1.807) is 0 Å². The zero-order valence-corrected chi connectivity index (χ0v) is 10.8. The topological polar surface area (TPSA) is 101 Å². The van der Waals surface area contributed by atoms with Gasteiger partial charge in [-0.2, -0.15) is 0 Å². The predicted octanol–water partition coefficient (Wildman–Crippen LogP) is 0.997. The first-order valence-corrected chi connectivity index (χ1v) is 6.72. The summed E-state index contributed by atoms with van der Waals surface area (Å²) in [5.74, 6) is -0.403. The minimum absolute atomic E-state index is 0.0246. The smallest absolute Gasteiger partial charge is 0.337 e. The van der Waals surface area contributed by atoms with Gasteiger partial charge in [0.1, 0.15) is 0 Å². The number of hydrogen-bond acceptors (Lipinski definition) is 5. The van der Waals surface area contributed by atoms with Crippen LogP contribution in [0.1, 0.15) is 10.4 Å². The fraction of sp³-hybridized carbons (Fsp3) is 0.0909. The van der Waals surface area contributed by atoms with E-state index in [0.717, 1.165) is 0 Å². The van der Waals surface area contributed by atoms with Gasteiger partial charge in [-0.05, 0) is 24.3 Å². The molecule has 8 heteroatoms. The molecule has 0 spiro atoms. The van der Waals surface area contributed by atoms with Crippen LogP contribution in [0.15, 0.2) is 41.6 Å². The highest BCUT2D eigenvalue weighted by molar-refractivity contribution is 7.92. The van der Waals surface area contributed by atoms with Crippen molar-refractivity contribution >= 4 is 21.9 Å². The van der Waals surface area contributed by atoms with Gasteiger partial charge >= 0.3 is 5.97 Å². The number of aromatic nitrogens is 2. The zero-order chi connectivity index (χ0) is 13.9. The van der Waals surface area contributed by atoms with E-state index in [1.807, 2.05) is 0 Å². The number of H-pyrrole nitrogens is 1. The molecular weight excluding hydrogens is 270 g/mol. The summed E-state index contributed by atoms with van der Waals surface area (Å²) < 4.78 is 30.7. The predicted molar refractivity (Wildman–Crippen MR) is 67.2 cm³/mol. The summed E-state index contributed by atoms with van der Waals surface area (Å²) in [6.07, 6.45) is 2.93. The van der Waals surface area contributed by atoms with E-state index >= 15 is 0 Å². The van der Waals surface area contributed by atoms with Crippen molar-refractivity contribution in [3.8, 4) is 0 Å². The van der Waals surface area contributed by atoms with Gasteiger partial charge in [-0.1, -0.05) is 0 Å². The molecule has 0 saturated heterocycles. The van der Waals surface area contributed by atoms with Gasteiger partial charge in [-0.3, -0.25) is 0 Å². The summed E-state index contributed by atoms with van der Waals surface area (Å²) >= 11 is 0. The van der Waals surface area contributed by atoms with Crippen molar-refractivity contribution in [1.29, 1.82) is 0 Å². The third-order valence-corrected chi connectivity index (χ3v) is 3.67. The van der Waals surface area contributed by atoms with E-state index in [0.29, 0.717) is 0 Å². The largest absolute Gasteiger partial charge is 0.465 e. The van der Waals surface area contributed by atoms with Crippen molar-refractivity contribution in [2.45, 2.75) is 4.90 Å². The van der Waals surface area contributed by atoms with Crippen molar-refractivity contribution in [1.82, 2.24) is 9.97 Å². The number of nitrogens with zero attached hydrogens (tertiary/aromatic N) is 1. The highest BCUT2D eigenvalue weighted by Crippen LogP contribution is 2.14. The lowest BCUT2D eigenvalue weighted by atomic mass is 10.2. The highest BCUT2D eigenvalue weighted by Gasteiger charge is 2.16. The van der Waals surface area contributed by atoms with Gasteiger partial charge in [-0.25, -0.2) is 22.9 Å². The minimum atomic E-state index is -3.73. The maximum Gasteiger partial charge on any atom is 0.337 e. The second-order valence-electron chi connectivity index (χ2n) is 3.56. The second kappa shape index (κ2) is 5.11. The lowest BCUT2D eigenvalue weighted by Gasteiger charge is -2.06. The molecule has 7 nitrogen and oxygen atoms in total. The molecule has 2 N–H and O–H groups in total. The Morgan fingerprint density at radius 2 is 2.00 bits per heavy atom. The lowest BCUT2D eigenvalue weighted by molar-refractivity contribution is 0.0600. The molecule has 1 aromatic carbocycles. The van der Waals surface area contributed by atoms with Crippen LogP contribution in [0.25, 0.3) is 0 Å². The summed E-state index contributed by atoms with van der Waals surface area (Å²) in [5.41, 5.74) is 0.277. The van der Waals surface area contributed by atoms with Crippen molar-refractivity contribution in [2.24, 2.45) is 0 Å². The fourth-order valence-electron chi connectivity index (χ4n) is 1.40. The molecule has 19 heavy (non-hydrogen) atoms. The molecule has 0 aliphatic rings. The molecule has 2 aromatic rings. The number of ether oxygens (including phenoxy) is 1. The summed E-state index contributed by atoms with van der Waals surface area (Å²) in [5, 5.41) is 0. The number of sulfonamides is 1. The van der Waals surface area contributed by atoms with Crippen LogP contribution in [0.3, 0.4) is 0 Å². The van der Waals surface area contributed by atoms with Crippen molar-refractivity contribution < 1.29 is 17.9 Å². The molecule has 100 valence electrons. The Morgan fingerprint density at radius 3 is 2.53 bits per heavy atom. The van der Waals surface area contributed by atoms with E-state index < -0.39 is 16.0 Å². The number of benzene rings is 1. The number of esters is 1. The lowest BCUT2D eigenvalue weighted by Crippen LogP contribution is -2.14. The number of methoxy groups -OCH3 is 1. The quantitative estimate of drug-likeness (QED) is 0.814. The molecule has 1 aromatic heterocycles. The molecule has 2 rings (SSSR count). The van der Waals surface area contributed by atoms with E-state index in [4.69, 9.17) is 0 Å². The molecule has 0 atom stereocenters. The monoisotopic (exact) mass is 281 g/mol. The first-order chi connectivity index (χ1) is 9.03. The second-order valence-corrected chi connectivity index (χ2v) is 5.24. The Kier molecular flexibility index (Phi) is 3.52. The number of carbonyl (C=O) groups excluding carboxylic acids is 1. The van der Waals surface area contributed by atoms with Crippen LogP contribution in [0.5, 0.6) is 0 Å². The van der Waals surface area contributed by atoms with Crippen LogP contribution in [0, 0.1) is 0 Å². The minimum Gasteiger partial charge on any atom is -0.465 e. The third kappa shape index (κ3) is 2.91. The molecule has 0 fully saturated rings. The van der Waals surface area contributed by atoms with Crippen molar-refractivity contribution in [2.75, 3.05) is 11.8 Å². The highest BCUT2D eigenvalue weighted by atomic mass is 32.2. The Labute approximate surface area is 109 Å². The molecule has 0 unspecified atom stereocenters. The number of hydrogen-bond donors (Lipinski definition) is 2. The fourth-order valence-corrected chi connectivity index (χ4v) is 2.37. The average Bonchev–Trinajstić information content (AvgIpc) is 2.90. The molecule has 0 amide bonds. The van der Waals surface area contributed by atoms with Crippen LogP contribution in [0.4, 0.5) is 5.95 Å². The van der Waals surface area contributed by atoms with E-state index in [-0.39, 0.29) is 16.4 Å². The van der Waals surface area contributed by atoms with Crippen LogP contribution in [-0.4, -0.2) is 31.5 Å². The molecule has 0 bridgehead atoms. The SMILES string of the molecule is COC(=O)c1ccc(S(=O)(=O)Nc2ncc[nH]2)cc1. The van der Waals surface area contributed by atoms with Gasteiger partial charge in [0, 0.05) is 12.4 Å². The number of anilines is 1. The number of rotatable bonds is 4. The maximum atomic E-state index is 12.0. The van der Waals surface area contributed by atoms with Gasteiger partial charge in [-0.15, -0.1) is 0 Å². The van der Waals surface area contributed by atoms with Gasteiger partial charge in [0.25, 0.3) is 10.0 Å². The Balaban J connectivity index is 2.24. The Hall–Kier alpha value is -2.35. The summed E-state index contributed by atoms with van der Waals surface area (Å²) in [6.45, 7) is 0. The van der Waals surface area contributed by atoms with Crippen molar-refractivity contribution in [3.05, 3.63) is 42.2 Å². The number of carbonyl (C=O) groups is 1. The molecule has 0 aliphatic heterocycles. The first-order valence-electron chi connectivity index (χ1n) is 5.23. The Bertz CT molecular complexity index is 662. The Morgan fingerprint density at radius 1 is 1.32 bits per heavy atom. The van der Waals surface area contributed by atoms with Crippen LogP contribution in [0.2, 0.25) is 0 Å². The van der Waals surface area contributed by atoms with Crippen molar-refractivity contribution in [3.63, 3.8) is 0 Å². The van der Waals surface area contributed by atoms with Gasteiger partial charge < -0.3 is 9.72 Å². The molecular formula is C11H11N3O4S. The molecule has 0 aliphatic carbocycles. The molecule has 0 radical (unpaired) electrons. The maximum absolute atomic E-state index is 12.0. The van der Waals surface area contributed by atoms with Crippen LogP contribution < -0.4 is 4.72 Å². The number of nitrogens with one attached hydrogen (secondary N) is 2. The van der Waals surface area contributed by atoms with Crippen LogP contribution >= 0.6 is 0 Å². The summed E-state index contributed by atoms with van der Waals surface area (Å²) in [7, 11) is -2.47. The summed E-state index contributed by atoms with van der Waals surface area (Å²) in [4.78, 5) is 17.6. The van der Waals surface area contributed by atoms with Gasteiger partial charge in [0.2, 0.25) is 5.95 Å².